The molecule has 0 N–H and O–H groups in total. The lowest BCUT2D eigenvalue weighted by molar-refractivity contribution is 0.419. The Labute approximate surface area is 106 Å². The second-order valence-electron chi connectivity index (χ2n) is 5.82. The minimum atomic E-state index is -1.43. The summed E-state index contributed by atoms with van der Waals surface area (Å²) in [4.78, 5) is 0. The van der Waals surface area contributed by atoms with Crippen LogP contribution in [0.5, 0.6) is 0 Å². The van der Waals surface area contributed by atoms with Gasteiger partial charge in [0.2, 0.25) is 0 Å². The molecule has 0 radical (unpaired) electrons. The molecule has 0 aliphatic rings. The van der Waals surface area contributed by atoms with E-state index < -0.39 is 25.9 Å². The number of rotatable bonds is 8. The maximum absolute atomic E-state index is 6.25. The summed E-state index contributed by atoms with van der Waals surface area (Å²) in [5.74, 6) is 0. The Morgan fingerprint density at radius 2 is 1.12 bits per heavy atom. The van der Waals surface area contributed by atoms with E-state index >= 15 is 0 Å². The molecule has 0 spiro atoms. The highest BCUT2D eigenvalue weighted by Gasteiger charge is 2.29. The van der Waals surface area contributed by atoms with Crippen molar-refractivity contribution in [2.24, 2.45) is 0 Å². The highest BCUT2D eigenvalue weighted by atomic mass is 28.4. The van der Waals surface area contributed by atoms with E-state index in [4.69, 9.17) is 8.23 Å². The highest BCUT2D eigenvalue weighted by molar-refractivity contribution is 6.81. The molecule has 98 valence electrons. The van der Waals surface area contributed by atoms with Crippen LogP contribution in [0, 0.1) is 0 Å². The SMILES string of the molecule is CCC[Si](C)(C)O[SiH](C)O[Si](C)(C)CCC. The molecule has 0 atom stereocenters. The van der Waals surface area contributed by atoms with E-state index in [1.807, 2.05) is 0 Å². The summed E-state index contributed by atoms with van der Waals surface area (Å²) >= 11 is 0. The summed E-state index contributed by atoms with van der Waals surface area (Å²) in [5, 5.41) is 0. The fourth-order valence-electron chi connectivity index (χ4n) is 2.24. The summed E-state index contributed by atoms with van der Waals surface area (Å²) in [6.45, 7) is 15.9. The highest BCUT2D eigenvalue weighted by Crippen LogP contribution is 2.19. The smallest absolute Gasteiger partial charge is 0.297 e. The van der Waals surface area contributed by atoms with E-state index in [1.54, 1.807) is 0 Å². The van der Waals surface area contributed by atoms with Crippen LogP contribution >= 0.6 is 0 Å². The van der Waals surface area contributed by atoms with Gasteiger partial charge in [-0.05, 0) is 44.8 Å². The van der Waals surface area contributed by atoms with Gasteiger partial charge in [-0.1, -0.05) is 26.7 Å². The molecule has 5 heteroatoms. The zero-order valence-corrected chi connectivity index (χ0v) is 15.4. The second kappa shape index (κ2) is 7.10. The van der Waals surface area contributed by atoms with Crippen molar-refractivity contribution in [2.75, 3.05) is 0 Å². The quantitative estimate of drug-likeness (QED) is 0.622. The summed E-state index contributed by atoms with van der Waals surface area (Å²) in [6, 6.07) is 2.51. The minimum absolute atomic E-state index is 1.23. The lowest BCUT2D eigenvalue weighted by Crippen LogP contribution is -2.44. The van der Waals surface area contributed by atoms with Crippen molar-refractivity contribution in [1.29, 1.82) is 0 Å². The second-order valence-corrected chi connectivity index (χ2v) is 16.9. The van der Waals surface area contributed by atoms with E-state index in [2.05, 4.69) is 46.6 Å². The van der Waals surface area contributed by atoms with E-state index in [9.17, 15) is 0 Å². The molecule has 0 unspecified atom stereocenters. The van der Waals surface area contributed by atoms with Gasteiger partial charge in [0.15, 0.2) is 16.6 Å². The van der Waals surface area contributed by atoms with Crippen LogP contribution in [0.1, 0.15) is 26.7 Å². The standard InChI is InChI=1S/C11H30O2Si3/c1-8-10-15(4,5)12-14(3)13-16(6,7)11-9-2/h14H,8-11H2,1-7H3. The molecule has 0 bridgehead atoms. The average Bonchev–Trinajstić information content (AvgIpc) is 1.99. The Morgan fingerprint density at radius 3 is 1.38 bits per heavy atom. The van der Waals surface area contributed by atoms with Gasteiger partial charge in [0.05, 0.1) is 0 Å². The molecule has 0 amide bonds. The molecular formula is C11H30O2Si3. The van der Waals surface area contributed by atoms with Gasteiger partial charge in [-0.2, -0.15) is 0 Å². The van der Waals surface area contributed by atoms with Crippen LogP contribution in [0.25, 0.3) is 0 Å². The molecule has 0 aromatic rings. The van der Waals surface area contributed by atoms with Crippen LogP contribution in [-0.2, 0) is 8.23 Å². The van der Waals surface area contributed by atoms with Crippen molar-refractivity contribution in [3.63, 3.8) is 0 Å². The van der Waals surface area contributed by atoms with Gasteiger partial charge >= 0.3 is 0 Å². The topological polar surface area (TPSA) is 18.5 Å². The summed E-state index contributed by atoms with van der Waals surface area (Å²) < 4.78 is 12.5. The Bertz CT molecular complexity index is 176. The Morgan fingerprint density at radius 1 is 0.812 bits per heavy atom. The van der Waals surface area contributed by atoms with Crippen molar-refractivity contribution in [3.8, 4) is 0 Å². The predicted molar refractivity (Wildman–Crippen MR) is 80.3 cm³/mol. The number of hydrogen-bond donors (Lipinski definition) is 0. The van der Waals surface area contributed by atoms with Crippen LogP contribution in [0.3, 0.4) is 0 Å². The Kier molecular flexibility index (Phi) is 7.36. The van der Waals surface area contributed by atoms with Gasteiger partial charge in [0.25, 0.3) is 9.28 Å². The number of hydrogen-bond acceptors (Lipinski definition) is 2. The molecule has 0 aliphatic carbocycles. The first kappa shape index (κ1) is 16.6. The van der Waals surface area contributed by atoms with Crippen LogP contribution in [0.4, 0.5) is 0 Å². The molecule has 0 heterocycles. The first-order valence-corrected chi connectivity index (χ1v) is 14.9. The van der Waals surface area contributed by atoms with Crippen molar-refractivity contribution in [2.45, 2.75) is 71.5 Å². The lowest BCUT2D eigenvalue weighted by atomic mass is 10.6. The fraction of sp³-hybridized carbons (Fsp3) is 1.00. The monoisotopic (exact) mass is 278 g/mol. The third-order valence-electron chi connectivity index (χ3n) is 2.67. The molecule has 0 fully saturated rings. The van der Waals surface area contributed by atoms with Gasteiger partial charge in [-0.3, -0.25) is 0 Å². The summed E-state index contributed by atoms with van der Waals surface area (Å²) in [7, 11) is -4.25. The van der Waals surface area contributed by atoms with Gasteiger partial charge in [0.1, 0.15) is 0 Å². The van der Waals surface area contributed by atoms with Crippen LogP contribution < -0.4 is 0 Å². The van der Waals surface area contributed by atoms with Crippen LogP contribution in [0.2, 0.25) is 44.8 Å². The minimum Gasteiger partial charge on any atom is -0.439 e. The normalized spacial score (nSPS) is 13.5. The molecule has 0 saturated heterocycles. The summed E-state index contributed by atoms with van der Waals surface area (Å²) in [5.41, 5.74) is 0. The summed E-state index contributed by atoms with van der Waals surface area (Å²) in [6.07, 6.45) is 2.46. The molecular weight excluding hydrogens is 248 g/mol. The molecule has 0 rings (SSSR count). The van der Waals surface area contributed by atoms with Gasteiger partial charge in [-0.15, -0.1) is 0 Å². The van der Waals surface area contributed by atoms with Gasteiger partial charge in [0, 0.05) is 0 Å². The maximum Gasteiger partial charge on any atom is 0.297 e. The molecule has 2 nitrogen and oxygen atoms in total. The first-order valence-electron chi connectivity index (χ1n) is 6.58. The van der Waals surface area contributed by atoms with Gasteiger partial charge in [-0.25, -0.2) is 0 Å². The molecule has 0 saturated carbocycles. The van der Waals surface area contributed by atoms with Crippen molar-refractivity contribution in [1.82, 2.24) is 0 Å². The molecule has 0 aliphatic heterocycles. The van der Waals surface area contributed by atoms with E-state index in [0.717, 1.165) is 0 Å². The molecule has 16 heavy (non-hydrogen) atoms. The Balaban J connectivity index is 4.11. The average molecular weight is 279 g/mol. The van der Waals surface area contributed by atoms with Crippen LogP contribution in [0.15, 0.2) is 0 Å². The Hall–Kier alpha value is 0.571. The van der Waals surface area contributed by atoms with Crippen molar-refractivity contribution < 1.29 is 8.23 Å². The lowest BCUT2D eigenvalue weighted by Gasteiger charge is -2.32. The first-order chi connectivity index (χ1) is 7.22. The van der Waals surface area contributed by atoms with Crippen LogP contribution in [-0.4, -0.2) is 25.9 Å². The van der Waals surface area contributed by atoms with Crippen molar-refractivity contribution >= 4 is 25.9 Å². The van der Waals surface area contributed by atoms with Crippen molar-refractivity contribution in [3.05, 3.63) is 0 Å². The van der Waals surface area contributed by atoms with E-state index in [1.165, 1.54) is 24.9 Å². The van der Waals surface area contributed by atoms with E-state index in [-0.39, 0.29) is 0 Å². The molecule has 0 aromatic carbocycles. The van der Waals surface area contributed by atoms with E-state index in [0.29, 0.717) is 0 Å². The third-order valence-corrected chi connectivity index (χ3v) is 13.8. The largest absolute Gasteiger partial charge is 0.439 e. The maximum atomic E-state index is 6.25. The molecule has 0 aromatic heterocycles. The zero-order chi connectivity index (χ0) is 12.8. The third kappa shape index (κ3) is 7.78. The van der Waals surface area contributed by atoms with Gasteiger partial charge < -0.3 is 8.23 Å². The zero-order valence-electron chi connectivity index (χ0n) is 12.2. The fourth-order valence-corrected chi connectivity index (χ4v) is 13.4. The predicted octanol–water partition coefficient (Wildman–Crippen LogP) is 4.10.